The number of benzene rings is 10. The van der Waals surface area contributed by atoms with E-state index >= 15 is 0 Å². The normalized spacial score (nSPS) is 13.9. The summed E-state index contributed by atoms with van der Waals surface area (Å²) in [5.74, 6) is 0.559. The number of hydrogen-bond donors (Lipinski definition) is 7. The molecule has 2 unspecified atom stereocenters. The zero-order valence-corrected chi connectivity index (χ0v) is 72.4. The maximum Gasteiger partial charge on any atom is 0.415 e. The van der Waals surface area contributed by atoms with E-state index < -0.39 is 0 Å². The molecular formula is C103H105N19O6. The van der Waals surface area contributed by atoms with E-state index in [0.29, 0.717) is 84.3 Å². The lowest BCUT2D eigenvalue weighted by Gasteiger charge is -2.34. The fraction of sp³-hybridized carbons (Fsp3) is 0.223. The standard InChI is InChI=1S/C22H24N4O.2C21H22N4O.C20H20N4O.C19H17N3O2/c1-16(17-9-5-3-6-10-17)25(2)22(27)26-14-13-20-19(15-26)21(24-23-20)18-11-7-4-8-12-18;1-24(14-16-8-4-2-5-9-16)21(26)25-13-12-19-18(15-25)20(23-22-19)17-10-6-3-7-11-17;1-15(16-8-4-2-5-9-16)22-21(26)25-13-12-19-18(14-25)20(24-23-19)17-10-6-3-7-11-17;25-20(21-13-15-7-3-1-4-8-15)24-12-11-18-17(14-24)19(23-22-18)16-9-5-2-6-10-16;23-19(24-15-9-5-2-6-10-15)22-12-11-17-16(13-22)18(21-20-17)14-7-3-1-4-8-14/h3-12,16H,13-15H2,1-2H3,(H,23,24);2-11H,12-15H2,1H3,(H,22,23);2-11,15H,12-14H2,1H3,(H,22,26)(H,23,24);1-10H,11-14H2,(H,21,25)(H,22,23);1-10H,11-13H2,(H,20,21). The number of hydrogen-bond acceptors (Lipinski definition) is 11. The van der Waals surface area contributed by atoms with Gasteiger partial charge in [0.25, 0.3) is 0 Å². The molecule has 0 fully saturated rings. The average molecular weight is 1710 g/mol. The summed E-state index contributed by atoms with van der Waals surface area (Å²) in [4.78, 5) is 76.6. The molecule has 0 bridgehead atoms. The predicted octanol–water partition coefficient (Wildman–Crippen LogP) is 18.8. The van der Waals surface area contributed by atoms with Gasteiger partial charge in [0, 0.05) is 176 Å². The van der Waals surface area contributed by atoms with Crippen molar-refractivity contribution in [3.63, 3.8) is 0 Å². The lowest BCUT2D eigenvalue weighted by Crippen LogP contribution is -2.44. The Hall–Kier alpha value is -15.4. The molecule has 25 nitrogen and oxygen atoms in total. The highest BCUT2D eigenvalue weighted by molar-refractivity contribution is 5.79. The van der Waals surface area contributed by atoms with Crippen LogP contribution in [-0.2, 0) is 77.9 Å². The Kier molecular flexibility index (Phi) is 27.9. The molecule has 20 rings (SSSR count). The third kappa shape index (κ3) is 21.0. The predicted molar refractivity (Wildman–Crippen MR) is 497 cm³/mol. The Morgan fingerprint density at radius 1 is 0.344 bits per heavy atom. The Balaban J connectivity index is 0.000000118. The van der Waals surface area contributed by atoms with Crippen molar-refractivity contribution in [3.8, 4) is 62.0 Å². The van der Waals surface area contributed by atoms with Crippen molar-refractivity contribution in [1.82, 2.24) is 95.9 Å². The minimum Gasteiger partial charge on any atom is -0.410 e. The number of ether oxygens (including phenoxy) is 1. The lowest BCUT2D eigenvalue weighted by atomic mass is 10.0. The lowest BCUT2D eigenvalue weighted by molar-refractivity contribution is 0.144. The quantitative estimate of drug-likeness (QED) is 0.0537. The van der Waals surface area contributed by atoms with Crippen LogP contribution in [0.25, 0.3) is 56.3 Å². The molecule has 2 atom stereocenters. The van der Waals surface area contributed by atoms with E-state index in [1.54, 1.807) is 21.9 Å². The van der Waals surface area contributed by atoms with Gasteiger partial charge in [-0.2, -0.15) is 25.5 Å². The summed E-state index contributed by atoms with van der Waals surface area (Å²) in [7, 11) is 3.74. The molecule has 5 aromatic heterocycles. The first-order valence-corrected chi connectivity index (χ1v) is 43.6. The van der Waals surface area contributed by atoms with Crippen molar-refractivity contribution in [2.75, 3.05) is 46.8 Å². The molecule has 5 aliphatic heterocycles. The molecule has 0 spiro atoms. The monoisotopic (exact) mass is 1700 g/mol. The number of H-pyrrole nitrogens is 5. The fourth-order valence-corrected chi connectivity index (χ4v) is 16.6. The minimum absolute atomic E-state index is 0.0250. The van der Waals surface area contributed by atoms with Gasteiger partial charge in [-0.3, -0.25) is 25.5 Å². The van der Waals surface area contributed by atoms with Gasteiger partial charge in [0.2, 0.25) is 0 Å². The molecule has 648 valence electrons. The first-order valence-electron chi connectivity index (χ1n) is 43.6. The van der Waals surface area contributed by atoms with Crippen LogP contribution in [0, 0.1) is 0 Å². The summed E-state index contributed by atoms with van der Waals surface area (Å²) < 4.78 is 5.45. The van der Waals surface area contributed by atoms with Gasteiger partial charge in [-0.05, 0) is 48.2 Å². The Bertz CT molecular complexity index is 6140. The minimum atomic E-state index is -0.327. The number of aromatic amines is 5. The highest BCUT2D eigenvalue weighted by Crippen LogP contribution is 2.36. The first kappa shape index (κ1) is 86.1. The van der Waals surface area contributed by atoms with Gasteiger partial charge in [-0.25, -0.2) is 24.0 Å². The van der Waals surface area contributed by atoms with Crippen molar-refractivity contribution in [3.05, 3.63) is 382 Å². The Morgan fingerprint density at radius 2 is 0.633 bits per heavy atom. The second-order valence-electron chi connectivity index (χ2n) is 32.3. The first-order chi connectivity index (χ1) is 62.7. The maximum atomic E-state index is 13.1. The molecule has 25 heteroatoms. The molecule has 10 aromatic carbocycles. The third-order valence-corrected chi connectivity index (χ3v) is 23.9. The molecule has 7 N–H and O–H groups in total. The van der Waals surface area contributed by atoms with E-state index in [4.69, 9.17) is 4.74 Å². The van der Waals surface area contributed by atoms with Gasteiger partial charge in [-0.1, -0.05) is 291 Å². The zero-order valence-electron chi connectivity index (χ0n) is 72.4. The fourth-order valence-electron chi connectivity index (χ4n) is 16.6. The Morgan fingerprint density at radius 3 is 1.01 bits per heavy atom. The number of nitrogens with one attached hydrogen (secondary N) is 7. The molecule has 0 saturated heterocycles. The summed E-state index contributed by atoms with van der Waals surface area (Å²) in [5, 5.41) is 44.2. The van der Waals surface area contributed by atoms with Crippen molar-refractivity contribution in [1.29, 1.82) is 0 Å². The van der Waals surface area contributed by atoms with Gasteiger partial charge in [0.15, 0.2) is 0 Å². The molecule has 5 aliphatic rings. The molecular weight excluding hydrogens is 1600 g/mol. The number of nitrogens with zero attached hydrogens (tertiary/aromatic N) is 12. The molecule has 128 heavy (non-hydrogen) atoms. The second kappa shape index (κ2) is 41.4. The third-order valence-electron chi connectivity index (χ3n) is 23.9. The van der Waals surface area contributed by atoms with Crippen LogP contribution < -0.4 is 15.4 Å². The summed E-state index contributed by atoms with van der Waals surface area (Å²) in [6, 6.07) is 99.8. The molecule has 9 amide bonds. The van der Waals surface area contributed by atoms with E-state index in [2.05, 4.69) is 105 Å². The zero-order chi connectivity index (χ0) is 88.1. The highest BCUT2D eigenvalue weighted by atomic mass is 16.6. The summed E-state index contributed by atoms with van der Waals surface area (Å²) >= 11 is 0. The summed E-state index contributed by atoms with van der Waals surface area (Å²) in [6.45, 7) is 11.5. The van der Waals surface area contributed by atoms with Crippen molar-refractivity contribution in [2.24, 2.45) is 0 Å². The summed E-state index contributed by atoms with van der Waals surface area (Å²) in [6.07, 6.45) is 3.62. The maximum absolute atomic E-state index is 13.1. The van der Waals surface area contributed by atoms with E-state index in [-0.39, 0.29) is 42.3 Å². The number of fused-ring (bicyclic) bond motifs is 5. The average Bonchev–Trinajstić information content (AvgIpc) is 1.64. The Labute approximate surface area is 745 Å². The number of urea groups is 4. The number of aromatic nitrogens is 10. The smallest absolute Gasteiger partial charge is 0.410 e. The SMILES string of the molecule is CC(NC(=O)N1CCc2[nH]nc(-c3ccccc3)c2C1)c1ccccc1.CC(c1ccccc1)N(C)C(=O)N1CCc2[nH]nc(-c3ccccc3)c2C1.CN(Cc1ccccc1)C(=O)N1CCc2[nH]nc(-c3ccccc3)c2C1.O=C(NCc1ccccc1)N1CCc2[nH]nc(-c3ccccc3)c2C1.O=C(Oc1ccccc1)N1CCc2[nH]nc(-c3ccccc3)c2C1. The number of carbonyl (C=O) groups excluding carboxylic acids is 5. The molecule has 15 aromatic rings. The van der Waals surface area contributed by atoms with E-state index in [1.807, 2.05) is 300 Å². The van der Waals surface area contributed by atoms with Gasteiger partial charge >= 0.3 is 30.2 Å². The highest BCUT2D eigenvalue weighted by Gasteiger charge is 2.34. The van der Waals surface area contributed by atoms with Crippen LogP contribution in [0.2, 0.25) is 0 Å². The van der Waals surface area contributed by atoms with Gasteiger partial charge in [0.1, 0.15) is 5.75 Å². The van der Waals surface area contributed by atoms with Gasteiger partial charge < -0.3 is 49.7 Å². The second-order valence-corrected chi connectivity index (χ2v) is 32.3. The molecule has 10 heterocycles. The molecule has 0 saturated carbocycles. The number of para-hydroxylation sites is 1. The van der Waals surface area contributed by atoms with Crippen LogP contribution in [0.3, 0.4) is 0 Å². The number of amides is 9. The van der Waals surface area contributed by atoms with E-state index in [9.17, 15) is 24.0 Å². The van der Waals surface area contributed by atoms with E-state index in [1.165, 1.54) is 0 Å². The van der Waals surface area contributed by atoms with Crippen LogP contribution in [0.15, 0.2) is 303 Å². The molecule has 0 aliphatic carbocycles. The molecule has 0 radical (unpaired) electrons. The van der Waals surface area contributed by atoms with Gasteiger partial charge in [0.05, 0.1) is 73.3 Å². The van der Waals surface area contributed by atoms with Crippen LogP contribution in [0.5, 0.6) is 5.75 Å². The van der Waals surface area contributed by atoms with Crippen LogP contribution in [-0.4, -0.2) is 162 Å². The van der Waals surface area contributed by atoms with E-state index in [0.717, 1.165) is 167 Å². The topological polar surface area (TPSA) is 285 Å². The number of carbonyl (C=O) groups is 5. The van der Waals surface area contributed by atoms with Crippen molar-refractivity contribution >= 4 is 30.2 Å². The van der Waals surface area contributed by atoms with Crippen molar-refractivity contribution < 1.29 is 28.7 Å². The van der Waals surface area contributed by atoms with Crippen LogP contribution >= 0.6 is 0 Å². The van der Waals surface area contributed by atoms with Gasteiger partial charge in [-0.15, -0.1) is 0 Å². The largest absolute Gasteiger partial charge is 0.415 e. The summed E-state index contributed by atoms with van der Waals surface area (Å²) in [5.41, 5.74) is 25.7. The van der Waals surface area contributed by atoms with Crippen LogP contribution in [0.1, 0.15) is 104 Å². The van der Waals surface area contributed by atoms with Crippen LogP contribution in [0.4, 0.5) is 24.0 Å². The number of rotatable bonds is 14. The van der Waals surface area contributed by atoms with Crippen molar-refractivity contribution in [2.45, 2.75) is 104 Å².